The van der Waals surface area contributed by atoms with Crippen LogP contribution in [0.4, 0.5) is 28.1 Å². The van der Waals surface area contributed by atoms with Gasteiger partial charge >= 0.3 is 0 Å². The molecule has 0 spiro atoms. The first kappa shape index (κ1) is 18.2. The van der Waals surface area contributed by atoms with E-state index >= 15 is 0 Å². The van der Waals surface area contributed by atoms with Crippen molar-refractivity contribution in [2.75, 3.05) is 16.4 Å². The highest BCUT2D eigenvalue weighted by molar-refractivity contribution is 7.22. The third-order valence-electron chi connectivity index (χ3n) is 4.44. The van der Waals surface area contributed by atoms with Gasteiger partial charge in [0.15, 0.2) is 16.8 Å². The van der Waals surface area contributed by atoms with E-state index in [9.17, 15) is 0 Å². The molecule has 6 nitrogen and oxygen atoms in total. The zero-order valence-electron chi connectivity index (χ0n) is 15.6. The summed E-state index contributed by atoms with van der Waals surface area (Å²) >= 11 is 1.56. The number of nitrogens with zero attached hydrogens (tertiary/aromatic N) is 3. The number of thiazole rings is 1. The van der Waals surface area contributed by atoms with Crippen LogP contribution in [0, 0.1) is 0 Å². The molecule has 2 heterocycles. The fraction of sp³-hybridized carbons (Fsp3) is 0.190. The van der Waals surface area contributed by atoms with E-state index in [-0.39, 0.29) is 0 Å². The lowest BCUT2D eigenvalue weighted by molar-refractivity contribution is 0.795. The smallest absolute Gasteiger partial charge is 0.189 e. The lowest BCUT2D eigenvalue weighted by Gasteiger charge is -2.11. The molecule has 4 N–H and O–H groups in total. The molecule has 0 amide bonds. The van der Waals surface area contributed by atoms with Crippen LogP contribution >= 0.6 is 11.3 Å². The molecule has 2 aromatic heterocycles. The summed E-state index contributed by atoms with van der Waals surface area (Å²) in [5.74, 6) is 1.11. The van der Waals surface area contributed by atoms with Gasteiger partial charge in [0.2, 0.25) is 0 Å². The Morgan fingerprint density at radius 3 is 2.46 bits per heavy atom. The highest BCUT2D eigenvalue weighted by atomic mass is 32.1. The van der Waals surface area contributed by atoms with E-state index in [2.05, 4.69) is 44.6 Å². The molecule has 4 rings (SSSR count). The number of nitrogens with two attached hydrogens (primary N) is 1. The number of hydrogen-bond donors (Lipinski definition) is 3. The molecule has 0 saturated heterocycles. The van der Waals surface area contributed by atoms with Crippen LogP contribution in [0.5, 0.6) is 0 Å². The molecule has 0 aliphatic heterocycles. The van der Waals surface area contributed by atoms with Gasteiger partial charge in [-0.25, -0.2) is 15.0 Å². The lowest BCUT2D eigenvalue weighted by atomic mass is 10.1. The second kappa shape index (κ2) is 8.22. The number of nitrogen functional groups attached to an aromatic ring is 1. The molecular formula is C21H22N6S. The average molecular weight is 391 g/mol. The van der Waals surface area contributed by atoms with Crippen LogP contribution < -0.4 is 16.4 Å². The van der Waals surface area contributed by atoms with E-state index in [4.69, 9.17) is 5.73 Å². The molecule has 0 fully saturated rings. The Hall–Kier alpha value is -3.19. The first-order valence-corrected chi connectivity index (χ1v) is 10.1. The Labute approximate surface area is 167 Å². The van der Waals surface area contributed by atoms with E-state index in [1.165, 1.54) is 24.7 Å². The van der Waals surface area contributed by atoms with Gasteiger partial charge in [0.05, 0.1) is 10.2 Å². The fourth-order valence-corrected chi connectivity index (χ4v) is 3.76. The van der Waals surface area contributed by atoms with Crippen LogP contribution in [0.25, 0.3) is 10.2 Å². The second-order valence-electron chi connectivity index (χ2n) is 6.52. The highest BCUT2D eigenvalue weighted by Gasteiger charge is 2.11. The van der Waals surface area contributed by atoms with Gasteiger partial charge in [-0.15, -0.1) is 0 Å². The first-order valence-electron chi connectivity index (χ1n) is 9.32. The normalized spacial score (nSPS) is 10.9. The average Bonchev–Trinajstić information content (AvgIpc) is 3.13. The van der Waals surface area contributed by atoms with Gasteiger partial charge in [0.1, 0.15) is 12.0 Å². The van der Waals surface area contributed by atoms with Crippen molar-refractivity contribution in [1.29, 1.82) is 0 Å². The summed E-state index contributed by atoms with van der Waals surface area (Å²) in [5, 5.41) is 7.23. The summed E-state index contributed by atoms with van der Waals surface area (Å²) in [7, 11) is 0. The number of rotatable bonds is 7. The highest BCUT2D eigenvalue weighted by Crippen LogP contribution is 2.32. The van der Waals surface area contributed by atoms with Crippen molar-refractivity contribution >= 4 is 49.7 Å². The van der Waals surface area contributed by atoms with Crippen molar-refractivity contribution in [2.45, 2.75) is 26.2 Å². The molecule has 0 aliphatic carbocycles. The van der Waals surface area contributed by atoms with Gasteiger partial charge in [0.25, 0.3) is 0 Å². The summed E-state index contributed by atoms with van der Waals surface area (Å²) in [4.78, 5) is 13.1. The third kappa shape index (κ3) is 4.04. The zero-order valence-corrected chi connectivity index (χ0v) is 16.5. The minimum atomic E-state index is 0.455. The number of aryl methyl sites for hydroxylation is 1. The van der Waals surface area contributed by atoms with Crippen LogP contribution in [0.1, 0.15) is 25.3 Å². The summed E-state index contributed by atoms with van der Waals surface area (Å²) in [6.45, 7) is 2.20. The Balaban J connectivity index is 1.51. The van der Waals surface area contributed by atoms with E-state index in [1.807, 2.05) is 36.4 Å². The molecule has 0 bridgehead atoms. The summed E-state index contributed by atoms with van der Waals surface area (Å²) < 4.78 is 1.11. The summed E-state index contributed by atoms with van der Waals surface area (Å²) in [6.07, 6.45) is 4.99. The van der Waals surface area contributed by atoms with Crippen molar-refractivity contribution in [1.82, 2.24) is 15.0 Å². The molecule has 0 aliphatic rings. The number of para-hydroxylation sites is 1. The fourth-order valence-electron chi connectivity index (χ4n) is 2.89. The van der Waals surface area contributed by atoms with Crippen LogP contribution in [0.15, 0.2) is 54.9 Å². The number of hydrogen-bond acceptors (Lipinski definition) is 7. The molecule has 0 radical (unpaired) electrons. The Kier molecular flexibility index (Phi) is 5.34. The largest absolute Gasteiger partial charge is 0.393 e. The second-order valence-corrected chi connectivity index (χ2v) is 7.55. The standard InChI is InChI=1S/C21H22N6S/c1-2-3-6-14-9-11-15(12-10-14)25-19-18(22)20(24-13-23-19)27-21-26-16-7-4-5-8-17(16)28-21/h4-5,7-13H,2-3,6,22H2,1H3,(H2,23,24,25,26,27). The maximum atomic E-state index is 6.30. The minimum absolute atomic E-state index is 0.455. The van der Waals surface area contributed by atoms with Gasteiger partial charge in [-0.1, -0.05) is 48.9 Å². The van der Waals surface area contributed by atoms with Crippen molar-refractivity contribution in [2.24, 2.45) is 0 Å². The van der Waals surface area contributed by atoms with E-state index in [0.717, 1.165) is 27.5 Å². The van der Waals surface area contributed by atoms with E-state index in [1.54, 1.807) is 11.3 Å². The van der Waals surface area contributed by atoms with Gasteiger partial charge < -0.3 is 16.4 Å². The van der Waals surface area contributed by atoms with Gasteiger partial charge in [0, 0.05) is 5.69 Å². The molecule has 28 heavy (non-hydrogen) atoms. The molecule has 2 aromatic carbocycles. The van der Waals surface area contributed by atoms with Crippen LogP contribution in [-0.4, -0.2) is 15.0 Å². The molecule has 4 aromatic rings. The van der Waals surface area contributed by atoms with E-state index < -0.39 is 0 Å². The SMILES string of the molecule is CCCCc1ccc(Nc2ncnc(Nc3nc4ccccc4s3)c2N)cc1. The van der Waals surface area contributed by atoms with Crippen LogP contribution in [0.2, 0.25) is 0 Å². The van der Waals surface area contributed by atoms with Gasteiger partial charge in [-0.05, 0) is 42.7 Å². The number of aromatic nitrogens is 3. The minimum Gasteiger partial charge on any atom is -0.393 e. The molecule has 0 atom stereocenters. The predicted molar refractivity (Wildman–Crippen MR) is 118 cm³/mol. The first-order chi connectivity index (χ1) is 13.7. The maximum absolute atomic E-state index is 6.30. The van der Waals surface area contributed by atoms with E-state index in [0.29, 0.717) is 17.3 Å². The lowest BCUT2D eigenvalue weighted by Crippen LogP contribution is -2.05. The number of benzene rings is 2. The number of fused-ring (bicyclic) bond motifs is 1. The molecule has 7 heteroatoms. The molecule has 0 unspecified atom stereocenters. The van der Waals surface area contributed by atoms with Crippen molar-refractivity contribution in [3.05, 3.63) is 60.4 Å². The predicted octanol–water partition coefficient (Wildman–Crippen LogP) is 5.50. The molecular weight excluding hydrogens is 368 g/mol. The third-order valence-corrected chi connectivity index (χ3v) is 5.39. The van der Waals surface area contributed by atoms with Crippen molar-refractivity contribution < 1.29 is 0 Å². The Bertz CT molecular complexity index is 1040. The summed E-state index contributed by atoms with van der Waals surface area (Å²) in [6, 6.07) is 16.4. The summed E-state index contributed by atoms with van der Waals surface area (Å²) in [5.41, 5.74) is 9.98. The zero-order chi connectivity index (χ0) is 19.3. The number of unbranched alkanes of at least 4 members (excludes halogenated alkanes) is 1. The Morgan fingerprint density at radius 1 is 0.964 bits per heavy atom. The maximum Gasteiger partial charge on any atom is 0.189 e. The Morgan fingerprint density at radius 2 is 1.71 bits per heavy atom. The molecule has 142 valence electrons. The topological polar surface area (TPSA) is 88.8 Å². The van der Waals surface area contributed by atoms with Gasteiger partial charge in [-0.2, -0.15) is 0 Å². The monoisotopic (exact) mass is 390 g/mol. The van der Waals surface area contributed by atoms with Gasteiger partial charge in [-0.3, -0.25) is 0 Å². The van der Waals surface area contributed by atoms with Crippen LogP contribution in [0.3, 0.4) is 0 Å². The number of nitrogens with one attached hydrogen (secondary N) is 2. The van der Waals surface area contributed by atoms with Crippen molar-refractivity contribution in [3.8, 4) is 0 Å². The molecule has 0 saturated carbocycles. The quantitative estimate of drug-likeness (QED) is 0.386. The number of anilines is 5. The van der Waals surface area contributed by atoms with Crippen LogP contribution in [-0.2, 0) is 6.42 Å². The van der Waals surface area contributed by atoms with Crippen molar-refractivity contribution in [3.63, 3.8) is 0 Å².